The summed E-state index contributed by atoms with van der Waals surface area (Å²) in [6, 6.07) is 13.0. The van der Waals surface area contributed by atoms with E-state index in [1.807, 2.05) is 0 Å². The number of halogens is 7. The highest BCUT2D eigenvalue weighted by Crippen LogP contribution is 2.65. The maximum absolute atomic E-state index is 15.3. The molecule has 0 spiro atoms. The summed E-state index contributed by atoms with van der Waals surface area (Å²) in [6.45, 7) is -0.0484. The lowest BCUT2D eigenvalue weighted by atomic mass is 9.56. The summed E-state index contributed by atoms with van der Waals surface area (Å²) in [6.07, 6.45) is 2.20. The number of alkyl halides is 2. The Balaban J connectivity index is 1.29. The average molecular weight is 745 g/mol. The van der Waals surface area contributed by atoms with Gasteiger partial charge >= 0.3 is 0 Å². The predicted octanol–water partition coefficient (Wildman–Crippen LogP) is 6.20. The third kappa shape index (κ3) is 4.43. The van der Waals surface area contributed by atoms with Crippen molar-refractivity contribution in [3.05, 3.63) is 112 Å². The van der Waals surface area contributed by atoms with Crippen LogP contribution in [0.15, 0.2) is 72.0 Å². The molecule has 3 heterocycles. The molecule has 15 heteroatoms. The number of phenolic OH excluding ortho intramolecular Hbond substituents is 1. The lowest BCUT2D eigenvalue weighted by Gasteiger charge is -2.51. The summed E-state index contributed by atoms with van der Waals surface area (Å²) in [4.78, 5) is 52.2. The van der Waals surface area contributed by atoms with Gasteiger partial charge < -0.3 is 9.84 Å². The lowest BCUT2D eigenvalue weighted by Crippen LogP contribution is -2.61. The summed E-state index contributed by atoms with van der Waals surface area (Å²) in [5.41, 5.74) is -0.263. The number of carbonyl (C=O) groups is 4. The highest BCUT2D eigenvalue weighted by atomic mass is 35.5. The monoisotopic (exact) mass is 744 g/mol. The second-order valence-corrected chi connectivity index (χ2v) is 14.5. The zero-order valence-corrected chi connectivity index (χ0v) is 27.5. The van der Waals surface area contributed by atoms with Gasteiger partial charge in [0.2, 0.25) is 17.6 Å². The number of rotatable bonds is 4. The van der Waals surface area contributed by atoms with Gasteiger partial charge in [-0.1, -0.05) is 42.0 Å². The zero-order chi connectivity index (χ0) is 36.3. The fourth-order valence-electron chi connectivity index (χ4n) is 8.36. The van der Waals surface area contributed by atoms with Crippen LogP contribution in [-0.4, -0.2) is 43.4 Å². The molecule has 3 aliphatic heterocycles. The second-order valence-electron chi connectivity index (χ2n) is 13.2. The molecule has 1 N–H and O–H groups in total. The van der Waals surface area contributed by atoms with Crippen molar-refractivity contribution in [2.45, 2.75) is 35.6 Å². The first-order valence-electron chi connectivity index (χ1n) is 15.8. The van der Waals surface area contributed by atoms with Gasteiger partial charge in [0.05, 0.1) is 24.6 Å². The van der Waals surface area contributed by atoms with Crippen molar-refractivity contribution in [3.8, 4) is 11.5 Å². The molecular weight excluding hydrogens is 722 g/mol. The van der Waals surface area contributed by atoms with Gasteiger partial charge in [0.15, 0.2) is 33.0 Å². The molecule has 8 rings (SSSR count). The lowest BCUT2D eigenvalue weighted by molar-refractivity contribution is -0.141. The molecule has 0 radical (unpaired) electrons. The Morgan fingerprint density at radius 1 is 0.843 bits per heavy atom. The van der Waals surface area contributed by atoms with E-state index in [4.69, 9.17) is 27.9 Å². The number of imide groups is 2. The van der Waals surface area contributed by atoms with Gasteiger partial charge in [-0.25, -0.2) is 26.9 Å². The van der Waals surface area contributed by atoms with E-state index in [1.165, 1.54) is 24.5 Å². The molecule has 2 aliphatic carbocycles. The molecule has 4 amide bonds. The molecular formula is C36H23Cl2F5N2O6. The van der Waals surface area contributed by atoms with Crippen LogP contribution in [0.2, 0.25) is 0 Å². The van der Waals surface area contributed by atoms with Crippen molar-refractivity contribution < 1.29 is 51.0 Å². The molecule has 5 aliphatic rings. The van der Waals surface area contributed by atoms with Gasteiger partial charge in [0.25, 0.3) is 11.8 Å². The molecule has 0 aromatic heterocycles. The van der Waals surface area contributed by atoms with Gasteiger partial charge in [-0.3, -0.25) is 24.1 Å². The van der Waals surface area contributed by atoms with Gasteiger partial charge in [0.1, 0.15) is 17.2 Å². The maximum atomic E-state index is 15.3. The normalized spacial score (nSPS) is 29.6. The van der Waals surface area contributed by atoms with E-state index in [0.29, 0.717) is 22.4 Å². The van der Waals surface area contributed by atoms with Crippen molar-refractivity contribution in [2.75, 3.05) is 4.90 Å². The molecule has 8 nitrogen and oxygen atoms in total. The number of nitrogens with zero attached hydrogens (tertiary/aromatic N) is 2. The van der Waals surface area contributed by atoms with Crippen molar-refractivity contribution in [2.24, 2.45) is 23.7 Å². The van der Waals surface area contributed by atoms with Crippen LogP contribution in [0.4, 0.5) is 27.6 Å². The SMILES string of the molecule is O=C1[C@H]2[C@H](CC=C3[C@H](C4=COc5ccc(O)cc5C4)[C@]4(Cl)C(=O)N(c5c(F)c(F)c(F)c(F)c5F)C(=O)[C@]4(Cl)C[C@H]32)C(=O)N1Cc1ccccc1. The smallest absolute Gasteiger partial charge is 0.258 e. The van der Waals surface area contributed by atoms with Crippen molar-refractivity contribution in [3.63, 3.8) is 0 Å². The van der Waals surface area contributed by atoms with Crippen LogP contribution >= 0.6 is 23.2 Å². The number of fused-ring (bicyclic) bond motifs is 5. The van der Waals surface area contributed by atoms with Gasteiger partial charge in [-0.05, 0) is 48.1 Å². The van der Waals surface area contributed by atoms with Crippen molar-refractivity contribution in [1.29, 1.82) is 0 Å². The minimum absolute atomic E-state index is 0.0140. The maximum Gasteiger partial charge on any atom is 0.258 e. The van der Waals surface area contributed by atoms with E-state index >= 15 is 8.78 Å². The Morgan fingerprint density at radius 3 is 2.20 bits per heavy atom. The number of hydrogen-bond acceptors (Lipinski definition) is 6. The number of anilines is 1. The Morgan fingerprint density at radius 2 is 1.51 bits per heavy atom. The van der Waals surface area contributed by atoms with Crippen LogP contribution in [0, 0.1) is 52.8 Å². The van der Waals surface area contributed by atoms with Crippen LogP contribution in [0.1, 0.15) is 24.0 Å². The second kappa shape index (κ2) is 11.4. The molecule has 3 aromatic rings. The molecule has 2 saturated heterocycles. The molecule has 1 saturated carbocycles. The summed E-state index contributed by atoms with van der Waals surface area (Å²) in [5, 5.41) is 10.2. The van der Waals surface area contributed by atoms with E-state index in [-0.39, 0.29) is 35.6 Å². The van der Waals surface area contributed by atoms with Crippen LogP contribution in [-0.2, 0) is 32.1 Å². The van der Waals surface area contributed by atoms with E-state index < -0.39 is 98.2 Å². The standard InChI is InChI=1S/C36H23Cl2F5N2O6/c37-35-12-21-19(7-8-20-23(21)32(48)44(31(20)47)13-15-4-2-1-3-5-15)24(17-10-16-11-18(46)6-9-22(16)51-14-17)36(35,38)34(50)45(33(35)49)30-28(42)26(40)25(39)27(41)29(30)43/h1-7,9,11,14,20-21,23-24,46H,8,10,12-13H2/t20-,21+,23-,24-,35+,36-/m0/s1. The number of amides is 4. The summed E-state index contributed by atoms with van der Waals surface area (Å²) in [5.74, 6) is -20.8. The average Bonchev–Trinajstić information content (AvgIpc) is 3.44. The number of likely N-dealkylation sites (tertiary alicyclic amines) is 1. The van der Waals surface area contributed by atoms with Gasteiger partial charge in [-0.15, -0.1) is 23.2 Å². The summed E-state index contributed by atoms with van der Waals surface area (Å²) >= 11 is 14.4. The first kappa shape index (κ1) is 33.4. The van der Waals surface area contributed by atoms with Crippen molar-refractivity contribution in [1.82, 2.24) is 4.90 Å². The number of phenols is 1. The molecule has 51 heavy (non-hydrogen) atoms. The highest BCUT2D eigenvalue weighted by Gasteiger charge is 2.77. The molecule has 0 bridgehead atoms. The Kier molecular flexibility index (Phi) is 7.45. The number of aromatic hydroxyl groups is 1. The molecule has 3 aromatic carbocycles. The van der Waals surface area contributed by atoms with Crippen LogP contribution < -0.4 is 9.64 Å². The number of allylic oxidation sites excluding steroid dienone is 3. The fourth-order valence-corrected chi connectivity index (χ4v) is 9.31. The van der Waals surface area contributed by atoms with Gasteiger partial charge in [0, 0.05) is 17.9 Å². The molecule has 6 atom stereocenters. The zero-order valence-electron chi connectivity index (χ0n) is 25.9. The minimum atomic E-state index is -2.67. The minimum Gasteiger partial charge on any atom is -0.508 e. The quantitative estimate of drug-likeness (QED) is 0.0853. The molecule has 0 unspecified atom stereocenters. The predicted molar refractivity (Wildman–Crippen MR) is 170 cm³/mol. The summed E-state index contributed by atoms with van der Waals surface area (Å²) < 4.78 is 79.3. The molecule has 3 fully saturated rings. The fraction of sp³-hybridized carbons (Fsp3) is 0.278. The van der Waals surface area contributed by atoms with Crippen LogP contribution in [0.3, 0.4) is 0 Å². The number of ether oxygens (including phenoxy) is 1. The third-order valence-corrected chi connectivity index (χ3v) is 12.1. The van der Waals surface area contributed by atoms with Crippen LogP contribution in [0.5, 0.6) is 11.5 Å². The van der Waals surface area contributed by atoms with Crippen LogP contribution in [0.25, 0.3) is 0 Å². The first-order valence-corrected chi connectivity index (χ1v) is 16.5. The largest absolute Gasteiger partial charge is 0.508 e. The van der Waals surface area contributed by atoms with Crippen molar-refractivity contribution >= 4 is 52.5 Å². The van der Waals surface area contributed by atoms with E-state index in [9.17, 15) is 37.5 Å². The Labute approximate surface area is 295 Å². The number of benzene rings is 3. The number of carbonyl (C=O) groups excluding carboxylic acids is 4. The first-order chi connectivity index (χ1) is 24.2. The Hall–Kier alpha value is -4.75. The Bertz CT molecular complexity index is 2150. The summed E-state index contributed by atoms with van der Waals surface area (Å²) in [7, 11) is 0. The van der Waals surface area contributed by atoms with Gasteiger partial charge in [-0.2, -0.15) is 0 Å². The van der Waals surface area contributed by atoms with E-state index in [2.05, 4.69) is 0 Å². The molecule has 262 valence electrons. The number of hydrogen-bond donors (Lipinski definition) is 1. The van der Waals surface area contributed by atoms with E-state index in [0.717, 1.165) is 4.90 Å². The highest BCUT2D eigenvalue weighted by molar-refractivity contribution is 6.58. The topological polar surface area (TPSA) is 104 Å². The van der Waals surface area contributed by atoms with E-state index in [1.54, 1.807) is 36.4 Å². The third-order valence-electron chi connectivity index (χ3n) is 10.6.